The highest BCUT2D eigenvalue weighted by Crippen LogP contribution is 2.36. The minimum absolute atomic E-state index is 0.179. The smallest absolute Gasteiger partial charge is 0.144 e. The number of hydrogen-bond donors (Lipinski definition) is 2. The summed E-state index contributed by atoms with van der Waals surface area (Å²) < 4.78 is 6.95. The Kier molecular flexibility index (Phi) is 3.97. The Morgan fingerprint density at radius 1 is 0.765 bits per heavy atom. The van der Waals surface area contributed by atoms with Gasteiger partial charge in [-0.15, -0.1) is 0 Å². The SMILES string of the molecule is Oc1cccc(Oc2cccc(O)c2I)c1I. The van der Waals surface area contributed by atoms with Gasteiger partial charge in [0.2, 0.25) is 0 Å². The van der Waals surface area contributed by atoms with Gasteiger partial charge in [0.15, 0.2) is 0 Å². The summed E-state index contributed by atoms with van der Waals surface area (Å²) in [4.78, 5) is 0. The summed E-state index contributed by atoms with van der Waals surface area (Å²) in [6.07, 6.45) is 0. The molecule has 88 valence electrons. The summed E-state index contributed by atoms with van der Waals surface area (Å²) in [6, 6.07) is 10.2. The van der Waals surface area contributed by atoms with Gasteiger partial charge >= 0.3 is 0 Å². The number of aromatic hydroxyl groups is 2. The second-order valence-electron chi connectivity index (χ2n) is 3.28. The molecule has 0 aromatic heterocycles. The topological polar surface area (TPSA) is 49.7 Å². The number of halogens is 2. The monoisotopic (exact) mass is 454 g/mol. The molecular weight excluding hydrogens is 446 g/mol. The molecular formula is C12H8I2O3. The van der Waals surface area contributed by atoms with Gasteiger partial charge in [-0.05, 0) is 69.4 Å². The third-order valence-electron chi connectivity index (χ3n) is 2.11. The second-order valence-corrected chi connectivity index (χ2v) is 5.44. The molecule has 0 aliphatic rings. The van der Waals surface area contributed by atoms with Crippen LogP contribution < -0.4 is 4.74 Å². The summed E-state index contributed by atoms with van der Waals surface area (Å²) in [5.41, 5.74) is 0. The summed E-state index contributed by atoms with van der Waals surface area (Å²) in [7, 11) is 0. The second kappa shape index (κ2) is 5.30. The Bertz CT molecular complexity index is 506. The number of hydrogen-bond acceptors (Lipinski definition) is 3. The molecule has 0 heterocycles. The summed E-state index contributed by atoms with van der Waals surface area (Å²) in [5.74, 6) is 1.49. The molecule has 0 bridgehead atoms. The lowest BCUT2D eigenvalue weighted by atomic mass is 10.3. The van der Waals surface area contributed by atoms with Gasteiger partial charge in [0.05, 0.1) is 7.14 Å². The van der Waals surface area contributed by atoms with Crippen molar-refractivity contribution in [2.45, 2.75) is 0 Å². The summed E-state index contributed by atoms with van der Waals surface area (Å²) in [6.45, 7) is 0. The Hall–Kier alpha value is -0.700. The minimum atomic E-state index is 0.179. The van der Waals surface area contributed by atoms with Gasteiger partial charge in [-0.25, -0.2) is 0 Å². The molecule has 2 aromatic rings. The fourth-order valence-corrected chi connectivity index (χ4v) is 2.21. The molecule has 0 radical (unpaired) electrons. The highest BCUT2D eigenvalue weighted by molar-refractivity contribution is 14.1. The molecule has 0 amide bonds. The van der Waals surface area contributed by atoms with Crippen molar-refractivity contribution in [3.63, 3.8) is 0 Å². The van der Waals surface area contributed by atoms with Crippen molar-refractivity contribution in [3.8, 4) is 23.0 Å². The molecule has 0 unspecified atom stereocenters. The quantitative estimate of drug-likeness (QED) is 0.673. The van der Waals surface area contributed by atoms with Crippen molar-refractivity contribution < 1.29 is 14.9 Å². The van der Waals surface area contributed by atoms with Crippen LogP contribution in [0.3, 0.4) is 0 Å². The van der Waals surface area contributed by atoms with Crippen LogP contribution >= 0.6 is 45.2 Å². The molecule has 2 N–H and O–H groups in total. The van der Waals surface area contributed by atoms with E-state index in [2.05, 4.69) is 0 Å². The number of benzene rings is 2. The fourth-order valence-electron chi connectivity index (χ4n) is 1.27. The molecule has 0 fully saturated rings. The van der Waals surface area contributed by atoms with Gasteiger partial charge < -0.3 is 14.9 Å². The summed E-state index contributed by atoms with van der Waals surface area (Å²) >= 11 is 4.02. The van der Waals surface area contributed by atoms with Gasteiger partial charge in [-0.2, -0.15) is 0 Å². The molecule has 2 rings (SSSR count). The van der Waals surface area contributed by atoms with Crippen LogP contribution in [0.4, 0.5) is 0 Å². The van der Waals surface area contributed by atoms with Crippen LogP contribution in [0.25, 0.3) is 0 Å². The van der Waals surface area contributed by atoms with E-state index in [0.717, 1.165) is 0 Å². The zero-order valence-corrected chi connectivity index (χ0v) is 12.8. The average molecular weight is 454 g/mol. The Labute approximate surface area is 126 Å². The zero-order chi connectivity index (χ0) is 12.4. The zero-order valence-electron chi connectivity index (χ0n) is 8.52. The van der Waals surface area contributed by atoms with Crippen LogP contribution in [0.5, 0.6) is 23.0 Å². The van der Waals surface area contributed by atoms with E-state index in [4.69, 9.17) is 4.74 Å². The third kappa shape index (κ3) is 2.76. The van der Waals surface area contributed by atoms with Crippen LogP contribution in [0.2, 0.25) is 0 Å². The van der Waals surface area contributed by atoms with Crippen molar-refractivity contribution in [3.05, 3.63) is 43.5 Å². The molecule has 3 nitrogen and oxygen atoms in total. The van der Waals surface area contributed by atoms with E-state index in [1.807, 2.05) is 45.2 Å². The van der Waals surface area contributed by atoms with Crippen LogP contribution in [-0.2, 0) is 0 Å². The highest BCUT2D eigenvalue weighted by Gasteiger charge is 2.10. The molecule has 5 heteroatoms. The molecule has 2 aromatic carbocycles. The van der Waals surface area contributed by atoms with E-state index < -0.39 is 0 Å². The van der Waals surface area contributed by atoms with E-state index in [1.54, 1.807) is 36.4 Å². The third-order valence-corrected chi connectivity index (χ3v) is 4.27. The standard InChI is InChI=1S/C12H8I2O3/c13-11-7(15)3-1-5-9(11)17-10-6-2-4-8(16)12(10)14/h1-6,15-16H. The van der Waals surface area contributed by atoms with Crippen LogP contribution in [0.1, 0.15) is 0 Å². The van der Waals surface area contributed by atoms with E-state index >= 15 is 0 Å². The molecule has 0 aliphatic carbocycles. The maximum atomic E-state index is 9.56. The van der Waals surface area contributed by atoms with Crippen molar-refractivity contribution >= 4 is 45.2 Å². The van der Waals surface area contributed by atoms with Crippen molar-refractivity contribution in [1.29, 1.82) is 0 Å². The number of rotatable bonds is 2. The lowest BCUT2D eigenvalue weighted by molar-refractivity contribution is 0.437. The van der Waals surface area contributed by atoms with Gasteiger partial charge in [0.25, 0.3) is 0 Å². The summed E-state index contributed by atoms with van der Waals surface area (Å²) in [5, 5.41) is 19.1. The van der Waals surface area contributed by atoms with Crippen molar-refractivity contribution in [2.75, 3.05) is 0 Å². The first-order chi connectivity index (χ1) is 8.09. The van der Waals surface area contributed by atoms with E-state index in [1.165, 1.54) is 0 Å². The molecule has 17 heavy (non-hydrogen) atoms. The van der Waals surface area contributed by atoms with E-state index in [-0.39, 0.29) is 11.5 Å². The Balaban J connectivity index is 2.38. The molecule has 0 saturated heterocycles. The number of phenolic OH excluding ortho intramolecular Hbond substituents is 2. The van der Waals surface area contributed by atoms with Gasteiger partial charge in [-0.3, -0.25) is 0 Å². The fraction of sp³-hybridized carbons (Fsp3) is 0. The van der Waals surface area contributed by atoms with E-state index in [0.29, 0.717) is 18.6 Å². The van der Waals surface area contributed by atoms with Crippen molar-refractivity contribution in [1.82, 2.24) is 0 Å². The van der Waals surface area contributed by atoms with Gasteiger partial charge in [0, 0.05) is 0 Å². The molecule has 0 atom stereocenters. The Morgan fingerprint density at radius 3 is 1.59 bits per heavy atom. The van der Waals surface area contributed by atoms with Crippen LogP contribution in [0.15, 0.2) is 36.4 Å². The highest BCUT2D eigenvalue weighted by atomic mass is 127. The maximum absolute atomic E-state index is 9.56. The first kappa shape index (κ1) is 12.7. The lowest BCUT2D eigenvalue weighted by Gasteiger charge is -2.10. The van der Waals surface area contributed by atoms with Crippen LogP contribution in [0, 0.1) is 7.14 Å². The first-order valence-electron chi connectivity index (χ1n) is 4.72. The minimum Gasteiger partial charge on any atom is -0.507 e. The number of ether oxygens (including phenoxy) is 1. The largest absolute Gasteiger partial charge is 0.507 e. The number of phenols is 2. The average Bonchev–Trinajstić information content (AvgIpc) is 2.31. The lowest BCUT2D eigenvalue weighted by Crippen LogP contribution is -1.90. The molecule has 0 aliphatic heterocycles. The molecule has 0 saturated carbocycles. The predicted octanol–water partition coefficient (Wildman–Crippen LogP) is 4.10. The van der Waals surface area contributed by atoms with Crippen LogP contribution in [-0.4, -0.2) is 10.2 Å². The first-order valence-corrected chi connectivity index (χ1v) is 6.88. The Morgan fingerprint density at radius 2 is 1.18 bits per heavy atom. The van der Waals surface area contributed by atoms with Crippen molar-refractivity contribution in [2.24, 2.45) is 0 Å². The predicted molar refractivity (Wildman–Crippen MR) is 81.7 cm³/mol. The molecule has 0 spiro atoms. The van der Waals surface area contributed by atoms with E-state index in [9.17, 15) is 10.2 Å². The normalized spacial score (nSPS) is 10.2. The maximum Gasteiger partial charge on any atom is 0.144 e. The van der Waals surface area contributed by atoms with Gasteiger partial charge in [-0.1, -0.05) is 12.1 Å². The van der Waals surface area contributed by atoms with Gasteiger partial charge in [0.1, 0.15) is 23.0 Å².